The molecule has 0 aliphatic carbocycles. The first-order chi connectivity index (χ1) is 15.7. The molecule has 3 N–H and O–H groups in total. The van der Waals surface area contributed by atoms with Crippen LogP contribution in [0, 0.1) is 0 Å². The number of aromatic hydroxyl groups is 1. The van der Waals surface area contributed by atoms with E-state index in [2.05, 4.69) is 50.2 Å². The van der Waals surface area contributed by atoms with E-state index in [1.165, 1.54) is 5.69 Å². The number of phenolic OH excluding ortho intramolecular Hbond substituents is 1. The second-order valence-corrected chi connectivity index (χ2v) is 8.43. The number of piperazine rings is 1. The Morgan fingerprint density at radius 2 is 1.75 bits per heavy atom. The van der Waals surface area contributed by atoms with E-state index in [1.54, 1.807) is 6.07 Å². The first-order valence-corrected chi connectivity index (χ1v) is 10.9. The fourth-order valence-corrected chi connectivity index (χ4v) is 4.46. The molecule has 5 aromatic rings. The number of para-hydroxylation sites is 1. The average Bonchev–Trinajstić information content (AvgIpc) is 3.42. The van der Waals surface area contributed by atoms with Crippen molar-refractivity contribution in [2.24, 2.45) is 0 Å². The fraction of sp³-hybridized carbons (Fsp3) is 0.200. The lowest BCUT2D eigenvalue weighted by Crippen LogP contribution is -2.44. The van der Waals surface area contributed by atoms with Gasteiger partial charge in [-0.2, -0.15) is 5.10 Å². The number of phenols is 1. The number of hydrogen-bond acceptors (Lipinski definition) is 5. The molecule has 0 radical (unpaired) electrons. The third-order valence-electron chi connectivity index (χ3n) is 6.34. The van der Waals surface area contributed by atoms with Gasteiger partial charge in [-0.15, -0.1) is 0 Å². The molecule has 0 saturated carbocycles. The molecule has 1 aliphatic rings. The number of aromatic amines is 2. The average molecular weight is 425 g/mol. The van der Waals surface area contributed by atoms with Gasteiger partial charge in [0.1, 0.15) is 11.4 Å². The Labute approximate surface area is 185 Å². The van der Waals surface area contributed by atoms with Gasteiger partial charge >= 0.3 is 0 Å². The van der Waals surface area contributed by atoms with E-state index < -0.39 is 0 Å². The molecule has 1 saturated heterocycles. The number of fused-ring (bicyclic) bond motifs is 2. The van der Waals surface area contributed by atoms with E-state index in [0.29, 0.717) is 0 Å². The van der Waals surface area contributed by atoms with Crippen molar-refractivity contribution in [2.45, 2.75) is 0 Å². The van der Waals surface area contributed by atoms with Crippen LogP contribution in [0.3, 0.4) is 0 Å². The summed E-state index contributed by atoms with van der Waals surface area (Å²) in [4.78, 5) is 13.0. The summed E-state index contributed by atoms with van der Waals surface area (Å²) < 4.78 is 0. The Kier molecular flexibility index (Phi) is 4.36. The minimum atomic E-state index is 0.264. The number of hydrogen-bond donors (Lipinski definition) is 3. The number of rotatable bonds is 3. The van der Waals surface area contributed by atoms with Crippen molar-refractivity contribution < 1.29 is 5.11 Å². The Morgan fingerprint density at radius 1 is 0.906 bits per heavy atom. The molecule has 3 aromatic carbocycles. The van der Waals surface area contributed by atoms with Crippen LogP contribution < -0.4 is 4.90 Å². The van der Waals surface area contributed by atoms with Crippen molar-refractivity contribution in [1.82, 2.24) is 25.1 Å². The Morgan fingerprint density at radius 3 is 2.59 bits per heavy atom. The smallest absolute Gasteiger partial charge is 0.159 e. The van der Waals surface area contributed by atoms with Crippen LogP contribution in [-0.4, -0.2) is 63.4 Å². The van der Waals surface area contributed by atoms with Gasteiger partial charge in [-0.05, 0) is 49.0 Å². The van der Waals surface area contributed by atoms with Crippen LogP contribution in [0.25, 0.3) is 44.6 Å². The minimum Gasteiger partial charge on any atom is -0.507 e. The summed E-state index contributed by atoms with van der Waals surface area (Å²) in [6.45, 7) is 4.22. The molecule has 7 nitrogen and oxygen atoms in total. The molecule has 32 heavy (non-hydrogen) atoms. The number of imidazole rings is 1. The zero-order chi connectivity index (χ0) is 21.7. The molecular formula is C25H24N6O. The zero-order valence-corrected chi connectivity index (χ0v) is 17.8. The molecule has 0 spiro atoms. The molecule has 6 rings (SSSR count). The summed E-state index contributed by atoms with van der Waals surface area (Å²) in [6, 6.07) is 19.8. The van der Waals surface area contributed by atoms with Crippen molar-refractivity contribution >= 4 is 27.6 Å². The molecule has 3 heterocycles. The molecule has 1 fully saturated rings. The number of nitrogens with zero attached hydrogens (tertiary/aromatic N) is 4. The highest BCUT2D eigenvalue weighted by Crippen LogP contribution is 2.33. The van der Waals surface area contributed by atoms with E-state index in [4.69, 9.17) is 4.98 Å². The van der Waals surface area contributed by atoms with Crippen LogP contribution in [0.2, 0.25) is 0 Å². The molecule has 2 aromatic heterocycles. The lowest BCUT2D eigenvalue weighted by Gasteiger charge is -2.34. The van der Waals surface area contributed by atoms with E-state index in [1.807, 2.05) is 36.4 Å². The lowest BCUT2D eigenvalue weighted by molar-refractivity contribution is 0.313. The van der Waals surface area contributed by atoms with Crippen molar-refractivity contribution in [3.63, 3.8) is 0 Å². The van der Waals surface area contributed by atoms with Gasteiger partial charge in [0, 0.05) is 42.8 Å². The number of benzene rings is 3. The predicted molar refractivity (Wildman–Crippen MR) is 128 cm³/mol. The highest BCUT2D eigenvalue weighted by Gasteiger charge is 2.17. The zero-order valence-electron chi connectivity index (χ0n) is 17.8. The van der Waals surface area contributed by atoms with Crippen LogP contribution in [0.15, 0.2) is 60.7 Å². The maximum Gasteiger partial charge on any atom is 0.159 e. The van der Waals surface area contributed by atoms with Crippen molar-refractivity contribution in [2.75, 3.05) is 38.1 Å². The molecule has 0 unspecified atom stereocenters. The van der Waals surface area contributed by atoms with E-state index in [9.17, 15) is 5.11 Å². The van der Waals surface area contributed by atoms with Gasteiger partial charge in [0.15, 0.2) is 5.82 Å². The third kappa shape index (κ3) is 3.18. The quantitative estimate of drug-likeness (QED) is 0.404. The topological polar surface area (TPSA) is 84.1 Å². The highest BCUT2D eigenvalue weighted by molar-refractivity contribution is 5.95. The Balaban J connectivity index is 1.35. The van der Waals surface area contributed by atoms with Gasteiger partial charge in [0.05, 0.1) is 16.6 Å². The summed E-state index contributed by atoms with van der Waals surface area (Å²) in [6.07, 6.45) is 0. The number of nitrogens with one attached hydrogen (secondary N) is 2. The molecule has 0 amide bonds. The number of anilines is 1. The van der Waals surface area contributed by atoms with Gasteiger partial charge in [-0.25, -0.2) is 4.98 Å². The highest BCUT2D eigenvalue weighted by atomic mass is 16.3. The molecular weight excluding hydrogens is 400 g/mol. The second kappa shape index (κ2) is 7.39. The predicted octanol–water partition coefficient (Wildman–Crippen LogP) is 4.23. The van der Waals surface area contributed by atoms with Gasteiger partial charge in [-0.3, -0.25) is 5.10 Å². The van der Waals surface area contributed by atoms with Gasteiger partial charge in [-0.1, -0.05) is 24.3 Å². The number of H-pyrrole nitrogens is 2. The first kappa shape index (κ1) is 18.9. The minimum absolute atomic E-state index is 0.264. The SMILES string of the molecule is CN1CCN(c2ccc3nc(-c4n[nH]c5cc(-c6ccccc6O)ccc45)[nH]c3c2)CC1. The van der Waals surface area contributed by atoms with Crippen molar-refractivity contribution in [3.8, 4) is 28.4 Å². The maximum atomic E-state index is 10.2. The maximum absolute atomic E-state index is 10.2. The van der Waals surface area contributed by atoms with Crippen LogP contribution in [0.1, 0.15) is 0 Å². The van der Waals surface area contributed by atoms with E-state index in [0.717, 1.165) is 70.8 Å². The van der Waals surface area contributed by atoms with E-state index in [-0.39, 0.29) is 5.75 Å². The van der Waals surface area contributed by atoms with Crippen LogP contribution in [-0.2, 0) is 0 Å². The van der Waals surface area contributed by atoms with Crippen LogP contribution in [0.4, 0.5) is 5.69 Å². The summed E-state index contributed by atoms with van der Waals surface area (Å²) in [5, 5.41) is 18.8. The monoisotopic (exact) mass is 424 g/mol. The second-order valence-electron chi connectivity index (χ2n) is 8.43. The summed E-state index contributed by atoms with van der Waals surface area (Å²) in [5.41, 5.74) is 6.59. The summed E-state index contributed by atoms with van der Waals surface area (Å²) in [7, 11) is 2.17. The van der Waals surface area contributed by atoms with Gasteiger partial charge in [0.25, 0.3) is 0 Å². The van der Waals surface area contributed by atoms with Gasteiger partial charge < -0.3 is 19.9 Å². The molecule has 0 bridgehead atoms. The number of likely N-dealkylation sites (N-methyl/N-ethyl adjacent to an activating group) is 1. The lowest BCUT2D eigenvalue weighted by atomic mass is 10.0. The normalized spacial score (nSPS) is 15.1. The largest absolute Gasteiger partial charge is 0.507 e. The van der Waals surface area contributed by atoms with Gasteiger partial charge in [0.2, 0.25) is 0 Å². The first-order valence-electron chi connectivity index (χ1n) is 10.9. The van der Waals surface area contributed by atoms with Crippen LogP contribution >= 0.6 is 0 Å². The van der Waals surface area contributed by atoms with Crippen LogP contribution in [0.5, 0.6) is 5.75 Å². The van der Waals surface area contributed by atoms with Crippen molar-refractivity contribution in [1.29, 1.82) is 0 Å². The van der Waals surface area contributed by atoms with Crippen molar-refractivity contribution in [3.05, 3.63) is 60.7 Å². The molecule has 7 heteroatoms. The molecule has 0 atom stereocenters. The Hall–Kier alpha value is -3.84. The summed E-state index contributed by atoms with van der Waals surface area (Å²) in [5.74, 6) is 1.01. The third-order valence-corrected chi connectivity index (χ3v) is 6.34. The number of aromatic nitrogens is 4. The standard InChI is InChI=1S/C25H24N6O/c1-30-10-12-31(13-11-30)17-7-9-20-22(15-17)27-25(26-20)24-19-8-6-16(14-21(19)28-29-24)18-4-2-3-5-23(18)32/h2-9,14-15,32H,10-13H2,1H3,(H,26,27)(H,28,29). The summed E-state index contributed by atoms with van der Waals surface area (Å²) >= 11 is 0. The molecule has 1 aliphatic heterocycles. The van der Waals surface area contributed by atoms with E-state index >= 15 is 0 Å². The fourth-order valence-electron chi connectivity index (χ4n) is 4.46. The Bertz CT molecular complexity index is 1430. The molecule has 160 valence electrons.